The van der Waals surface area contributed by atoms with Crippen LogP contribution in [0.2, 0.25) is 0 Å². The van der Waals surface area contributed by atoms with Crippen LogP contribution in [0.15, 0.2) is 34.9 Å². The van der Waals surface area contributed by atoms with Gasteiger partial charge in [-0.1, -0.05) is 25.3 Å². The second kappa shape index (κ2) is 10.1. The van der Waals surface area contributed by atoms with Gasteiger partial charge in [-0.3, -0.25) is 4.79 Å². The van der Waals surface area contributed by atoms with Gasteiger partial charge < -0.3 is 20.4 Å². The van der Waals surface area contributed by atoms with Gasteiger partial charge in [-0.25, -0.2) is 0 Å². The van der Waals surface area contributed by atoms with E-state index in [2.05, 4.69) is 16.3 Å². The smallest absolute Gasteiger partial charge is 0.319 e. The number of benzene rings is 1. The maximum atomic E-state index is 11.6. The summed E-state index contributed by atoms with van der Waals surface area (Å²) in [6.07, 6.45) is 7.97. The molecule has 0 aliphatic heterocycles. The molecule has 0 heterocycles. The third-order valence-electron chi connectivity index (χ3n) is 5.50. The number of carboxylic acids is 1. The molecule has 0 spiro atoms. The Labute approximate surface area is 185 Å². The number of rotatable bonds is 9. The molecule has 0 amide bonds. The molecule has 0 atom stereocenters. The fourth-order valence-electron chi connectivity index (χ4n) is 3.77. The minimum Gasteiger partial charge on any atom is -0.480 e. The summed E-state index contributed by atoms with van der Waals surface area (Å²) in [6, 6.07) is 6.51. The summed E-state index contributed by atoms with van der Waals surface area (Å²) in [5.74, 6) is -0.832. The molecule has 1 fully saturated rings. The Hall–Kier alpha value is -1.66. The van der Waals surface area contributed by atoms with E-state index >= 15 is 0 Å². The van der Waals surface area contributed by atoms with Gasteiger partial charge in [-0.05, 0) is 72.6 Å². The first-order chi connectivity index (χ1) is 13.9. The number of allylic oxidation sites excluding steroid dienone is 2. The SMILES string of the molecule is C/C=C(/C)Nc1cc(SC(C)(C)C(=O)O)ccc1N(CC(C)(C)O)C1CCCCC1. The van der Waals surface area contributed by atoms with E-state index in [1.165, 1.54) is 31.0 Å². The molecule has 168 valence electrons. The number of hydrogen-bond donors (Lipinski definition) is 3. The van der Waals surface area contributed by atoms with Gasteiger partial charge in [0, 0.05) is 23.2 Å². The first-order valence-corrected chi connectivity index (χ1v) is 11.7. The second-order valence-electron chi connectivity index (χ2n) is 9.43. The van der Waals surface area contributed by atoms with E-state index in [-0.39, 0.29) is 0 Å². The molecule has 3 N–H and O–H groups in total. The normalized spacial score (nSPS) is 16.4. The van der Waals surface area contributed by atoms with Crippen LogP contribution < -0.4 is 10.2 Å². The van der Waals surface area contributed by atoms with Crippen molar-refractivity contribution in [3.05, 3.63) is 30.0 Å². The molecule has 0 radical (unpaired) electrons. The first kappa shape index (κ1) is 24.6. The lowest BCUT2D eigenvalue weighted by molar-refractivity contribution is -0.138. The molecule has 1 aromatic carbocycles. The van der Waals surface area contributed by atoms with Crippen molar-refractivity contribution in [3.63, 3.8) is 0 Å². The highest BCUT2D eigenvalue weighted by atomic mass is 32.2. The second-order valence-corrected chi connectivity index (χ2v) is 11.1. The molecule has 0 aromatic heterocycles. The minimum absolute atomic E-state index is 0.394. The average molecular weight is 435 g/mol. The summed E-state index contributed by atoms with van der Waals surface area (Å²) in [6.45, 7) is 11.7. The van der Waals surface area contributed by atoms with Crippen LogP contribution in [0.5, 0.6) is 0 Å². The van der Waals surface area contributed by atoms with Crippen molar-refractivity contribution in [3.8, 4) is 0 Å². The van der Waals surface area contributed by atoms with Gasteiger partial charge in [0.2, 0.25) is 0 Å². The molecule has 6 heteroatoms. The number of thioether (sulfide) groups is 1. The van der Waals surface area contributed by atoms with Crippen molar-refractivity contribution in [2.24, 2.45) is 0 Å². The van der Waals surface area contributed by atoms with E-state index in [1.807, 2.05) is 45.9 Å². The third kappa shape index (κ3) is 6.95. The Kier molecular flexibility index (Phi) is 8.28. The maximum absolute atomic E-state index is 11.6. The highest BCUT2D eigenvalue weighted by molar-refractivity contribution is 8.01. The lowest BCUT2D eigenvalue weighted by Gasteiger charge is -2.40. The quantitative estimate of drug-likeness (QED) is 0.421. The number of hydrogen-bond acceptors (Lipinski definition) is 5. The maximum Gasteiger partial charge on any atom is 0.319 e. The van der Waals surface area contributed by atoms with Gasteiger partial charge in [0.25, 0.3) is 0 Å². The van der Waals surface area contributed by atoms with Crippen LogP contribution in [0.1, 0.15) is 73.6 Å². The number of nitrogens with one attached hydrogen (secondary N) is 1. The topological polar surface area (TPSA) is 72.8 Å². The molecule has 0 bridgehead atoms. The van der Waals surface area contributed by atoms with Gasteiger partial charge in [0.15, 0.2) is 0 Å². The Morgan fingerprint density at radius 2 is 1.87 bits per heavy atom. The molecule has 2 rings (SSSR count). The first-order valence-electron chi connectivity index (χ1n) is 10.9. The van der Waals surface area contributed by atoms with Crippen LogP contribution in [-0.4, -0.2) is 39.1 Å². The zero-order valence-corrected chi connectivity index (χ0v) is 20.1. The summed E-state index contributed by atoms with van der Waals surface area (Å²) in [5.41, 5.74) is 2.22. The number of nitrogens with zero attached hydrogens (tertiary/aromatic N) is 1. The molecule has 0 saturated heterocycles. The van der Waals surface area contributed by atoms with E-state index in [0.29, 0.717) is 12.6 Å². The number of carboxylic acid groups (broad SMARTS) is 1. The highest BCUT2D eigenvalue weighted by Gasteiger charge is 2.31. The van der Waals surface area contributed by atoms with Gasteiger partial charge in [-0.15, -0.1) is 11.8 Å². The highest BCUT2D eigenvalue weighted by Crippen LogP contribution is 2.40. The van der Waals surface area contributed by atoms with E-state index in [1.54, 1.807) is 13.8 Å². The molecular formula is C24H38N2O3S. The van der Waals surface area contributed by atoms with Crippen molar-refractivity contribution in [2.75, 3.05) is 16.8 Å². The Bertz CT molecular complexity index is 762. The molecule has 1 aliphatic carbocycles. The van der Waals surface area contributed by atoms with Crippen LogP contribution in [0, 0.1) is 0 Å². The predicted molar refractivity (Wildman–Crippen MR) is 128 cm³/mol. The molecule has 1 aliphatic rings. The van der Waals surface area contributed by atoms with Crippen LogP contribution in [0.3, 0.4) is 0 Å². The van der Waals surface area contributed by atoms with Gasteiger partial charge in [0.1, 0.15) is 4.75 Å². The summed E-state index contributed by atoms with van der Waals surface area (Å²) >= 11 is 1.35. The van der Waals surface area contributed by atoms with E-state index in [4.69, 9.17) is 0 Å². The minimum atomic E-state index is -0.912. The molecule has 1 aromatic rings. The number of aliphatic carboxylic acids is 1. The lowest BCUT2D eigenvalue weighted by atomic mass is 9.92. The van der Waals surface area contributed by atoms with Gasteiger partial charge in [0.05, 0.1) is 17.0 Å². The zero-order chi connectivity index (χ0) is 22.5. The summed E-state index contributed by atoms with van der Waals surface area (Å²) in [4.78, 5) is 14.8. The summed E-state index contributed by atoms with van der Waals surface area (Å²) in [7, 11) is 0. The lowest BCUT2D eigenvalue weighted by Crippen LogP contribution is -2.45. The Balaban J connectivity index is 2.48. The molecule has 30 heavy (non-hydrogen) atoms. The third-order valence-corrected chi connectivity index (χ3v) is 6.68. The summed E-state index contributed by atoms with van der Waals surface area (Å²) in [5, 5.41) is 23.6. The fourth-order valence-corrected chi connectivity index (χ4v) is 4.76. The van der Waals surface area contributed by atoms with Crippen LogP contribution in [0.25, 0.3) is 0 Å². The van der Waals surface area contributed by atoms with Crippen molar-refractivity contribution >= 4 is 29.1 Å². The fraction of sp³-hybridized carbons (Fsp3) is 0.625. The van der Waals surface area contributed by atoms with E-state index < -0.39 is 16.3 Å². The molecule has 5 nitrogen and oxygen atoms in total. The Morgan fingerprint density at radius 3 is 2.40 bits per heavy atom. The molecular weight excluding hydrogens is 396 g/mol. The predicted octanol–water partition coefficient (Wildman–Crippen LogP) is 5.89. The van der Waals surface area contributed by atoms with Crippen molar-refractivity contribution in [2.45, 2.75) is 94.9 Å². The van der Waals surface area contributed by atoms with E-state index in [0.717, 1.165) is 34.8 Å². The van der Waals surface area contributed by atoms with Crippen molar-refractivity contribution < 1.29 is 15.0 Å². The van der Waals surface area contributed by atoms with E-state index in [9.17, 15) is 15.0 Å². The Morgan fingerprint density at radius 1 is 1.23 bits per heavy atom. The summed E-state index contributed by atoms with van der Waals surface area (Å²) < 4.78 is -0.912. The zero-order valence-electron chi connectivity index (χ0n) is 19.3. The number of aliphatic hydroxyl groups is 1. The molecule has 1 saturated carbocycles. The average Bonchev–Trinajstić information content (AvgIpc) is 2.66. The molecule has 0 unspecified atom stereocenters. The number of anilines is 2. The monoisotopic (exact) mass is 434 g/mol. The van der Waals surface area contributed by atoms with Gasteiger partial charge in [-0.2, -0.15) is 0 Å². The van der Waals surface area contributed by atoms with Crippen molar-refractivity contribution in [1.82, 2.24) is 0 Å². The standard InChI is InChI=1S/C24H38N2O3S/c1-7-17(2)25-20-15-19(30-24(5,6)22(27)28)13-14-21(20)26(16-23(3,4)29)18-11-9-8-10-12-18/h7,13-15,18,25,29H,8-12,16H2,1-6H3,(H,27,28)/b17-7-. The number of carbonyl (C=O) groups is 1. The van der Waals surface area contributed by atoms with Gasteiger partial charge >= 0.3 is 5.97 Å². The van der Waals surface area contributed by atoms with Crippen LogP contribution in [-0.2, 0) is 4.79 Å². The largest absolute Gasteiger partial charge is 0.480 e. The van der Waals surface area contributed by atoms with Crippen LogP contribution >= 0.6 is 11.8 Å². The van der Waals surface area contributed by atoms with Crippen LogP contribution in [0.4, 0.5) is 11.4 Å². The van der Waals surface area contributed by atoms with Crippen molar-refractivity contribution in [1.29, 1.82) is 0 Å².